The molecule has 0 radical (unpaired) electrons. The molecule has 0 aliphatic heterocycles. The number of phenols is 1. The van der Waals surface area contributed by atoms with Crippen molar-refractivity contribution in [2.75, 3.05) is 12.3 Å². The summed E-state index contributed by atoms with van der Waals surface area (Å²) in [6, 6.07) is 4.98. The van der Waals surface area contributed by atoms with E-state index in [0.717, 1.165) is 12.5 Å². The summed E-state index contributed by atoms with van der Waals surface area (Å²) in [5.74, 6) is 1.51. The van der Waals surface area contributed by atoms with Crippen molar-refractivity contribution in [1.82, 2.24) is 0 Å². The fourth-order valence-electron chi connectivity index (χ4n) is 1.11. The third-order valence-electron chi connectivity index (χ3n) is 2.18. The van der Waals surface area contributed by atoms with E-state index in [1.807, 2.05) is 0 Å². The van der Waals surface area contributed by atoms with Gasteiger partial charge in [0, 0.05) is 6.07 Å². The minimum Gasteiger partial charge on any atom is -0.506 e. The van der Waals surface area contributed by atoms with E-state index in [4.69, 9.17) is 10.5 Å². The molecule has 1 aliphatic rings. The number of nitrogen functional groups attached to an aromatic ring is 1. The van der Waals surface area contributed by atoms with E-state index in [1.54, 1.807) is 18.2 Å². The summed E-state index contributed by atoms with van der Waals surface area (Å²) in [6.07, 6.45) is 2.53. The molecule has 0 aromatic heterocycles. The number of nitrogens with two attached hydrogens (primary N) is 1. The second-order valence-electron chi connectivity index (χ2n) is 3.48. The topological polar surface area (TPSA) is 55.5 Å². The number of hydrogen-bond acceptors (Lipinski definition) is 3. The highest BCUT2D eigenvalue weighted by atomic mass is 16.5. The average molecular weight is 179 g/mol. The van der Waals surface area contributed by atoms with Crippen LogP contribution >= 0.6 is 0 Å². The Morgan fingerprint density at radius 3 is 2.85 bits per heavy atom. The molecule has 3 N–H and O–H groups in total. The quantitative estimate of drug-likeness (QED) is 0.549. The molecule has 0 saturated heterocycles. The first kappa shape index (κ1) is 8.23. The number of benzene rings is 1. The predicted octanol–water partition coefficient (Wildman–Crippen LogP) is 1.76. The highest BCUT2D eigenvalue weighted by Gasteiger charge is 2.21. The van der Waals surface area contributed by atoms with E-state index >= 15 is 0 Å². The fourth-order valence-corrected chi connectivity index (χ4v) is 1.11. The molecule has 3 heteroatoms. The molecule has 0 unspecified atom stereocenters. The van der Waals surface area contributed by atoms with Crippen molar-refractivity contribution < 1.29 is 9.84 Å². The standard InChI is InChI=1S/C10H13NO2/c11-9-4-3-8(5-10(9)12)13-6-7-1-2-7/h3-5,7,12H,1-2,6,11H2. The third-order valence-corrected chi connectivity index (χ3v) is 2.18. The van der Waals surface area contributed by atoms with Gasteiger partial charge in [-0.15, -0.1) is 0 Å². The molecule has 0 atom stereocenters. The lowest BCUT2D eigenvalue weighted by Crippen LogP contribution is -1.98. The highest BCUT2D eigenvalue weighted by Crippen LogP contribution is 2.31. The second kappa shape index (κ2) is 3.17. The molecule has 0 spiro atoms. The SMILES string of the molecule is Nc1ccc(OCC2CC2)cc1O. The maximum atomic E-state index is 9.28. The Bertz CT molecular complexity index is 308. The van der Waals surface area contributed by atoms with Crippen LogP contribution in [0.5, 0.6) is 11.5 Å². The first-order chi connectivity index (χ1) is 6.25. The lowest BCUT2D eigenvalue weighted by Gasteiger charge is -2.06. The second-order valence-corrected chi connectivity index (χ2v) is 3.48. The van der Waals surface area contributed by atoms with Gasteiger partial charge in [-0.05, 0) is 30.9 Å². The van der Waals surface area contributed by atoms with Crippen molar-refractivity contribution in [1.29, 1.82) is 0 Å². The average Bonchev–Trinajstić information content (AvgIpc) is 2.91. The van der Waals surface area contributed by atoms with Crippen molar-refractivity contribution in [2.24, 2.45) is 5.92 Å². The Kier molecular flexibility index (Phi) is 2.00. The minimum absolute atomic E-state index is 0.0910. The van der Waals surface area contributed by atoms with Crippen molar-refractivity contribution in [3.8, 4) is 11.5 Å². The fraction of sp³-hybridized carbons (Fsp3) is 0.400. The Hall–Kier alpha value is -1.38. The van der Waals surface area contributed by atoms with Gasteiger partial charge in [-0.25, -0.2) is 0 Å². The largest absolute Gasteiger partial charge is 0.506 e. The molecule has 70 valence electrons. The molecule has 2 rings (SSSR count). The lowest BCUT2D eigenvalue weighted by atomic mass is 10.3. The van der Waals surface area contributed by atoms with Crippen LogP contribution in [0.3, 0.4) is 0 Å². The van der Waals surface area contributed by atoms with Gasteiger partial charge >= 0.3 is 0 Å². The van der Waals surface area contributed by atoms with E-state index < -0.39 is 0 Å². The van der Waals surface area contributed by atoms with Crippen LogP contribution in [0.2, 0.25) is 0 Å². The summed E-state index contributed by atoms with van der Waals surface area (Å²) >= 11 is 0. The lowest BCUT2D eigenvalue weighted by molar-refractivity contribution is 0.298. The maximum Gasteiger partial charge on any atom is 0.142 e. The van der Waals surface area contributed by atoms with Crippen LogP contribution in [0.15, 0.2) is 18.2 Å². The summed E-state index contributed by atoms with van der Waals surface area (Å²) in [7, 11) is 0. The minimum atomic E-state index is 0.0910. The van der Waals surface area contributed by atoms with Crippen LogP contribution in [0.4, 0.5) is 5.69 Å². The van der Waals surface area contributed by atoms with Gasteiger partial charge in [0.1, 0.15) is 11.5 Å². The summed E-state index contributed by atoms with van der Waals surface area (Å²) in [6.45, 7) is 0.753. The molecule has 3 nitrogen and oxygen atoms in total. The molecule has 1 aromatic carbocycles. The number of hydrogen-bond donors (Lipinski definition) is 2. The first-order valence-corrected chi connectivity index (χ1v) is 4.47. The molecule has 0 amide bonds. The zero-order valence-corrected chi connectivity index (χ0v) is 7.36. The van der Waals surface area contributed by atoms with Gasteiger partial charge in [-0.2, -0.15) is 0 Å². The maximum absolute atomic E-state index is 9.28. The Labute approximate surface area is 77.1 Å². The number of ether oxygens (including phenoxy) is 1. The van der Waals surface area contributed by atoms with Crippen molar-refractivity contribution in [3.05, 3.63) is 18.2 Å². The van der Waals surface area contributed by atoms with E-state index in [1.165, 1.54) is 12.8 Å². The smallest absolute Gasteiger partial charge is 0.142 e. The number of anilines is 1. The normalized spacial score (nSPS) is 15.7. The molecule has 0 bridgehead atoms. The molecule has 1 aliphatic carbocycles. The first-order valence-electron chi connectivity index (χ1n) is 4.47. The summed E-state index contributed by atoms with van der Waals surface area (Å²) in [5.41, 5.74) is 5.84. The molecular formula is C10H13NO2. The van der Waals surface area contributed by atoms with Gasteiger partial charge in [0.2, 0.25) is 0 Å². The third kappa shape index (κ3) is 2.05. The summed E-state index contributed by atoms with van der Waals surface area (Å²) in [5, 5.41) is 9.28. The summed E-state index contributed by atoms with van der Waals surface area (Å²) in [4.78, 5) is 0. The Morgan fingerprint density at radius 2 is 2.23 bits per heavy atom. The number of phenolic OH excluding ortho intramolecular Hbond substituents is 1. The van der Waals surface area contributed by atoms with Crippen LogP contribution in [-0.4, -0.2) is 11.7 Å². The van der Waals surface area contributed by atoms with Gasteiger partial charge in [-0.1, -0.05) is 0 Å². The van der Waals surface area contributed by atoms with Crippen LogP contribution in [0, 0.1) is 5.92 Å². The van der Waals surface area contributed by atoms with Gasteiger partial charge in [-0.3, -0.25) is 0 Å². The van der Waals surface area contributed by atoms with E-state index in [-0.39, 0.29) is 5.75 Å². The number of aromatic hydroxyl groups is 1. The van der Waals surface area contributed by atoms with E-state index in [0.29, 0.717) is 11.4 Å². The Morgan fingerprint density at radius 1 is 1.46 bits per heavy atom. The van der Waals surface area contributed by atoms with Crippen molar-refractivity contribution >= 4 is 5.69 Å². The van der Waals surface area contributed by atoms with Gasteiger partial charge in [0.25, 0.3) is 0 Å². The zero-order valence-electron chi connectivity index (χ0n) is 7.36. The highest BCUT2D eigenvalue weighted by molar-refractivity contribution is 5.54. The Balaban J connectivity index is 1.98. The summed E-state index contributed by atoms with van der Waals surface area (Å²) < 4.78 is 5.45. The van der Waals surface area contributed by atoms with Crippen LogP contribution in [0.1, 0.15) is 12.8 Å². The predicted molar refractivity (Wildman–Crippen MR) is 50.7 cm³/mol. The van der Waals surface area contributed by atoms with E-state index in [2.05, 4.69) is 0 Å². The van der Waals surface area contributed by atoms with Crippen molar-refractivity contribution in [2.45, 2.75) is 12.8 Å². The molecule has 13 heavy (non-hydrogen) atoms. The molecule has 1 fully saturated rings. The van der Waals surface area contributed by atoms with Gasteiger partial charge in [0.05, 0.1) is 12.3 Å². The number of rotatable bonds is 3. The van der Waals surface area contributed by atoms with E-state index in [9.17, 15) is 5.11 Å². The zero-order chi connectivity index (χ0) is 9.26. The van der Waals surface area contributed by atoms with Gasteiger partial charge in [0.15, 0.2) is 0 Å². The monoisotopic (exact) mass is 179 g/mol. The molecule has 1 saturated carbocycles. The molecule has 0 heterocycles. The van der Waals surface area contributed by atoms with Crippen LogP contribution in [0.25, 0.3) is 0 Å². The van der Waals surface area contributed by atoms with Crippen LogP contribution < -0.4 is 10.5 Å². The van der Waals surface area contributed by atoms with Crippen LogP contribution in [-0.2, 0) is 0 Å². The molecular weight excluding hydrogens is 166 g/mol. The molecule has 1 aromatic rings. The van der Waals surface area contributed by atoms with Gasteiger partial charge < -0.3 is 15.6 Å². The van der Waals surface area contributed by atoms with Crippen molar-refractivity contribution in [3.63, 3.8) is 0 Å².